The van der Waals surface area contributed by atoms with Crippen LogP contribution in [0.2, 0.25) is 0 Å². The molecule has 0 spiro atoms. The van der Waals surface area contributed by atoms with Gasteiger partial charge in [-0.15, -0.1) is 0 Å². The van der Waals surface area contributed by atoms with Crippen LogP contribution in [-0.2, 0) is 11.2 Å². The number of carbonyl (C=O) groups is 1. The van der Waals surface area contributed by atoms with Crippen LogP contribution in [0.1, 0.15) is 11.1 Å². The Balaban J connectivity index is 1.96. The molecule has 0 unspecified atom stereocenters. The summed E-state index contributed by atoms with van der Waals surface area (Å²) < 4.78 is 6.15. The number of methoxy groups -OCH3 is 1. The minimum absolute atomic E-state index is 0.161. The second-order valence-corrected chi connectivity index (χ2v) is 5.26. The fraction of sp³-hybridized carbons (Fsp3) is 0.125. The Labute approximate surface area is 132 Å². The molecule has 4 nitrogen and oxygen atoms in total. The highest BCUT2D eigenvalue weighted by Gasteiger charge is 2.03. The average molecular weight is 347 g/mol. The maximum atomic E-state index is 11.8. The topological polar surface area (TPSA) is 50.7 Å². The van der Waals surface area contributed by atoms with E-state index in [1.807, 2.05) is 48.5 Å². The molecule has 0 radical (unpaired) electrons. The highest BCUT2D eigenvalue weighted by atomic mass is 79.9. The lowest BCUT2D eigenvalue weighted by atomic mass is 10.1. The van der Waals surface area contributed by atoms with Crippen molar-refractivity contribution in [2.45, 2.75) is 6.42 Å². The molecule has 0 bridgehead atoms. The van der Waals surface area contributed by atoms with E-state index in [0.29, 0.717) is 12.2 Å². The van der Waals surface area contributed by atoms with Gasteiger partial charge in [-0.1, -0.05) is 46.3 Å². The second kappa shape index (κ2) is 7.59. The first kappa shape index (κ1) is 15.3. The highest BCUT2D eigenvalue weighted by Crippen LogP contribution is 2.21. The first-order valence-electron chi connectivity index (χ1n) is 6.38. The van der Waals surface area contributed by atoms with Crippen molar-refractivity contribution in [3.05, 3.63) is 64.1 Å². The van der Waals surface area contributed by atoms with E-state index in [9.17, 15) is 4.79 Å². The molecular formula is C16H15BrN2O2. The van der Waals surface area contributed by atoms with Crippen LogP contribution in [0, 0.1) is 0 Å². The molecule has 0 aliphatic rings. The van der Waals surface area contributed by atoms with Crippen LogP contribution in [0.25, 0.3) is 0 Å². The number of halogens is 1. The number of nitrogens with one attached hydrogen (secondary N) is 1. The van der Waals surface area contributed by atoms with E-state index >= 15 is 0 Å². The quantitative estimate of drug-likeness (QED) is 0.667. The van der Waals surface area contributed by atoms with E-state index in [-0.39, 0.29) is 5.91 Å². The van der Waals surface area contributed by atoms with Crippen molar-refractivity contribution in [2.75, 3.05) is 7.11 Å². The molecule has 108 valence electrons. The Morgan fingerprint density at radius 3 is 2.76 bits per heavy atom. The van der Waals surface area contributed by atoms with Gasteiger partial charge in [-0.25, -0.2) is 5.43 Å². The van der Waals surface area contributed by atoms with E-state index in [1.54, 1.807) is 13.3 Å². The third-order valence-electron chi connectivity index (χ3n) is 2.79. The van der Waals surface area contributed by atoms with Crippen molar-refractivity contribution >= 4 is 28.1 Å². The Kier molecular flexibility index (Phi) is 5.51. The summed E-state index contributed by atoms with van der Waals surface area (Å²) in [5, 5.41) is 3.96. The van der Waals surface area contributed by atoms with Gasteiger partial charge in [0.1, 0.15) is 5.75 Å². The van der Waals surface area contributed by atoms with E-state index in [0.717, 1.165) is 15.6 Å². The summed E-state index contributed by atoms with van der Waals surface area (Å²) in [4.78, 5) is 11.8. The maximum Gasteiger partial charge on any atom is 0.244 e. The number of ether oxygens (including phenoxy) is 1. The molecule has 0 saturated carbocycles. The summed E-state index contributed by atoms with van der Waals surface area (Å²) in [6.45, 7) is 0. The first-order chi connectivity index (χ1) is 10.2. The van der Waals surface area contributed by atoms with Gasteiger partial charge in [-0.3, -0.25) is 4.79 Å². The van der Waals surface area contributed by atoms with Gasteiger partial charge >= 0.3 is 0 Å². The van der Waals surface area contributed by atoms with Crippen LogP contribution in [0.4, 0.5) is 0 Å². The van der Waals surface area contributed by atoms with E-state index in [2.05, 4.69) is 26.5 Å². The van der Waals surface area contributed by atoms with E-state index in [4.69, 9.17) is 4.74 Å². The van der Waals surface area contributed by atoms with Gasteiger partial charge in [0.25, 0.3) is 0 Å². The summed E-state index contributed by atoms with van der Waals surface area (Å²) in [5.41, 5.74) is 4.24. The summed E-state index contributed by atoms with van der Waals surface area (Å²) in [7, 11) is 1.59. The zero-order valence-corrected chi connectivity index (χ0v) is 13.1. The Morgan fingerprint density at radius 1 is 1.29 bits per heavy atom. The molecule has 0 atom stereocenters. The predicted octanol–water partition coefficient (Wildman–Crippen LogP) is 3.15. The number of hydrazone groups is 1. The minimum atomic E-state index is -0.161. The fourth-order valence-corrected chi connectivity index (χ4v) is 2.18. The normalized spacial score (nSPS) is 10.6. The molecule has 2 aromatic carbocycles. The molecule has 5 heteroatoms. The van der Waals surface area contributed by atoms with Gasteiger partial charge in [0.2, 0.25) is 5.91 Å². The van der Waals surface area contributed by atoms with E-state index in [1.165, 1.54) is 0 Å². The fourth-order valence-electron chi connectivity index (χ4n) is 1.80. The highest BCUT2D eigenvalue weighted by molar-refractivity contribution is 9.10. The van der Waals surface area contributed by atoms with Crippen molar-refractivity contribution in [1.29, 1.82) is 0 Å². The number of benzene rings is 2. The number of nitrogens with zero attached hydrogens (tertiary/aromatic N) is 1. The maximum absolute atomic E-state index is 11.8. The molecule has 0 heterocycles. The number of hydrogen-bond acceptors (Lipinski definition) is 3. The van der Waals surface area contributed by atoms with E-state index < -0.39 is 0 Å². The van der Waals surface area contributed by atoms with Crippen LogP contribution in [0.3, 0.4) is 0 Å². The van der Waals surface area contributed by atoms with Crippen molar-refractivity contribution in [3.8, 4) is 5.75 Å². The molecule has 2 rings (SSSR count). The molecule has 21 heavy (non-hydrogen) atoms. The summed E-state index contributed by atoms with van der Waals surface area (Å²) in [5.74, 6) is 0.533. The van der Waals surface area contributed by atoms with Crippen molar-refractivity contribution in [2.24, 2.45) is 5.10 Å². The number of amides is 1. The standard InChI is InChI=1S/C16H15BrN2O2/c1-21-15-8-7-14(17)10-13(15)11-18-19-16(20)9-12-5-3-2-4-6-12/h2-8,10-11H,9H2,1H3,(H,19,20)/b18-11+. The van der Waals surface area contributed by atoms with Gasteiger partial charge in [0.05, 0.1) is 19.7 Å². The van der Waals surface area contributed by atoms with Gasteiger partial charge in [0, 0.05) is 10.0 Å². The Hall–Kier alpha value is -2.14. The lowest BCUT2D eigenvalue weighted by molar-refractivity contribution is -0.120. The Bertz CT molecular complexity index is 642. The first-order valence-corrected chi connectivity index (χ1v) is 7.17. The molecule has 2 aromatic rings. The zero-order chi connectivity index (χ0) is 15.1. The lowest BCUT2D eigenvalue weighted by Gasteiger charge is -2.04. The molecule has 0 fully saturated rings. The zero-order valence-electron chi connectivity index (χ0n) is 11.5. The van der Waals surface area contributed by atoms with Crippen LogP contribution < -0.4 is 10.2 Å². The third-order valence-corrected chi connectivity index (χ3v) is 3.29. The average Bonchev–Trinajstić information content (AvgIpc) is 2.48. The lowest BCUT2D eigenvalue weighted by Crippen LogP contribution is -2.19. The predicted molar refractivity (Wildman–Crippen MR) is 86.6 cm³/mol. The SMILES string of the molecule is COc1ccc(Br)cc1/C=N/NC(=O)Cc1ccccc1. The van der Waals surface area contributed by atoms with Crippen LogP contribution >= 0.6 is 15.9 Å². The summed E-state index contributed by atoms with van der Waals surface area (Å²) in [6.07, 6.45) is 1.86. The van der Waals surface area contributed by atoms with Gasteiger partial charge in [-0.05, 0) is 23.8 Å². The molecule has 0 saturated heterocycles. The van der Waals surface area contributed by atoms with Gasteiger partial charge in [0.15, 0.2) is 0 Å². The minimum Gasteiger partial charge on any atom is -0.496 e. The van der Waals surface area contributed by atoms with Crippen molar-refractivity contribution in [1.82, 2.24) is 5.43 Å². The summed E-state index contributed by atoms with van der Waals surface area (Å²) in [6, 6.07) is 15.1. The molecule has 1 amide bonds. The van der Waals surface area contributed by atoms with Crippen molar-refractivity contribution < 1.29 is 9.53 Å². The van der Waals surface area contributed by atoms with Crippen LogP contribution in [0.5, 0.6) is 5.75 Å². The Morgan fingerprint density at radius 2 is 2.05 bits per heavy atom. The van der Waals surface area contributed by atoms with Gasteiger partial charge < -0.3 is 4.74 Å². The molecular weight excluding hydrogens is 332 g/mol. The number of carbonyl (C=O) groups excluding carboxylic acids is 1. The van der Waals surface area contributed by atoms with Crippen LogP contribution in [-0.4, -0.2) is 19.2 Å². The largest absolute Gasteiger partial charge is 0.496 e. The monoisotopic (exact) mass is 346 g/mol. The number of hydrogen-bond donors (Lipinski definition) is 1. The molecule has 0 aliphatic carbocycles. The molecule has 0 aromatic heterocycles. The summed E-state index contributed by atoms with van der Waals surface area (Å²) >= 11 is 3.39. The molecule has 0 aliphatic heterocycles. The number of rotatable bonds is 5. The van der Waals surface area contributed by atoms with Gasteiger partial charge in [-0.2, -0.15) is 5.10 Å². The third kappa shape index (κ3) is 4.72. The second-order valence-electron chi connectivity index (χ2n) is 4.34. The molecule has 1 N–H and O–H groups in total. The van der Waals surface area contributed by atoms with Crippen molar-refractivity contribution in [3.63, 3.8) is 0 Å². The smallest absolute Gasteiger partial charge is 0.244 e. The van der Waals surface area contributed by atoms with Crippen LogP contribution in [0.15, 0.2) is 58.1 Å².